The summed E-state index contributed by atoms with van der Waals surface area (Å²) in [6.45, 7) is 7.00. The molecule has 0 atom stereocenters. The number of benzene rings is 1. The zero-order valence-corrected chi connectivity index (χ0v) is 19.7. The molecule has 30 heavy (non-hydrogen) atoms. The zero-order valence-electron chi connectivity index (χ0n) is 18.0. The summed E-state index contributed by atoms with van der Waals surface area (Å²) < 4.78 is 27.1. The maximum Gasteiger partial charge on any atom is 0.243 e. The Morgan fingerprint density at radius 2 is 1.80 bits per heavy atom. The molecule has 2 aromatic rings. The van der Waals surface area contributed by atoms with Crippen molar-refractivity contribution in [3.05, 3.63) is 52.2 Å². The molecular formula is C22H32N4O2S2. The normalized spacial score (nSPS) is 16.4. The molecule has 1 aliphatic heterocycles. The van der Waals surface area contributed by atoms with E-state index >= 15 is 0 Å². The number of aliphatic imine (C=N–C) groups is 1. The van der Waals surface area contributed by atoms with E-state index in [2.05, 4.69) is 47.0 Å². The Morgan fingerprint density at radius 3 is 2.40 bits per heavy atom. The van der Waals surface area contributed by atoms with E-state index < -0.39 is 10.0 Å². The van der Waals surface area contributed by atoms with E-state index in [9.17, 15) is 8.42 Å². The van der Waals surface area contributed by atoms with Crippen molar-refractivity contribution < 1.29 is 8.42 Å². The average Bonchev–Trinajstić information content (AvgIpc) is 3.31. The van der Waals surface area contributed by atoms with Crippen LogP contribution in [0.1, 0.15) is 43.6 Å². The van der Waals surface area contributed by atoms with Crippen LogP contribution in [0.4, 0.5) is 0 Å². The number of hydrogen-bond acceptors (Lipinski definition) is 4. The summed E-state index contributed by atoms with van der Waals surface area (Å²) in [6, 6.07) is 11.4. The summed E-state index contributed by atoms with van der Waals surface area (Å²) in [4.78, 5) is 6.00. The quantitative estimate of drug-likeness (QED) is 0.502. The van der Waals surface area contributed by atoms with E-state index in [4.69, 9.17) is 0 Å². The Morgan fingerprint density at radius 1 is 1.10 bits per heavy atom. The summed E-state index contributed by atoms with van der Waals surface area (Å²) >= 11 is 1.76. The summed E-state index contributed by atoms with van der Waals surface area (Å²) in [6.07, 6.45) is 2.99. The molecule has 1 aromatic carbocycles. The molecule has 8 heteroatoms. The second-order valence-electron chi connectivity index (χ2n) is 8.25. The predicted octanol–water partition coefficient (Wildman–Crippen LogP) is 3.57. The Hall–Kier alpha value is -1.90. The van der Waals surface area contributed by atoms with Crippen molar-refractivity contribution in [1.82, 2.24) is 14.9 Å². The van der Waals surface area contributed by atoms with Crippen molar-refractivity contribution >= 4 is 27.3 Å². The second-order valence-corrected chi connectivity index (χ2v) is 11.1. The molecule has 0 aliphatic carbocycles. The van der Waals surface area contributed by atoms with E-state index in [1.165, 1.54) is 4.88 Å². The monoisotopic (exact) mass is 448 g/mol. The molecule has 2 N–H and O–H groups in total. The second kappa shape index (κ2) is 9.94. The van der Waals surface area contributed by atoms with E-state index in [-0.39, 0.29) is 5.41 Å². The molecule has 0 unspecified atom stereocenters. The molecule has 1 fully saturated rings. The van der Waals surface area contributed by atoms with Crippen LogP contribution in [-0.4, -0.2) is 45.4 Å². The van der Waals surface area contributed by atoms with Gasteiger partial charge in [-0.2, -0.15) is 4.31 Å². The number of piperidine rings is 1. The van der Waals surface area contributed by atoms with Gasteiger partial charge in [-0.15, -0.1) is 11.3 Å². The molecule has 3 rings (SSSR count). The number of nitrogens with zero attached hydrogens (tertiary/aromatic N) is 2. The Labute approximate surface area is 184 Å². The van der Waals surface area contributed by atoms with Gasteiger partial charge in [-0.05, 0) is 42.0 Å². The predicted molar refractivity (Wildman–Crippen MR) is 125 cm³/mol. The van der Waals surface area contributed by atoms with Crippen LogP contribution in [0.5, 0.6) is 0 Å². The fourth-order valence-corrected chi connectivity index (χ4v) is 5.86. The van der Waals surface area contributed by atoms with Crippen molar-refractivity contribution in [2.24, 2.45) is 4.99 Å². The highest BCUT2D eigenvalue weighted by Gasteiger charge is 2.25. The van der Waals surface area contributed by atoms with E-state index in [0.29, 0.717) is 24.5 Å². The number of guanidine groups is 1. The van der Waals surface area contributed by atoms with Gasteiger partial charge in [-0.25, -0.2) is 8.42 Å². The maximum atomic E-state index is 12.8. The standard InChI is InChI=1S/C22H32N4O2S2/c1-22(2,20-8-7-15-29-20)17-25-21(23-3)24-16-18-9-11-19(12-10-18)30(27,28)26-13-5-4-6-14-26/h7-12,15H,4-6,13-14,16-17H2,1-3H3,(H2,23,24,25). The summed E-state index contributed by atoms with van der Waals surface area (Å²) in [5.74, 6) is 0.727. The number of sulfonamides is 1. The molecular weight excluding hydrogens is 416 g/mol. The van der Waals surface area contributed by atoms with Gasteiger partial charge in [0, 0.05) is 43.5 Å². The maximum absolute atomic E-state index is 12.8. The van der Waals surface area contributed by atoms with Gasteiger partial charge in [-0.3, -0.25) is 4.99 Å². The van der Waals surface area contributed by atoms with Crippen LogP contribution in [0, 0.1) is 0 Å². The van der Waals surface area contributed by atoms with E-state index in [1.807, 2.05) is 12.1 Å². The van der Waals surface area contributed by atoms with Crippen LogP contribution in [0.3, 0.4) is 0 Å². The number of nitrogens with one attached hydrogen (secondary N) is 2. The smallest absolute Gasteiger partial charge is 0.243 e. The highest BCUT2D eigenvalue weighted by molar-refractivity contribution is 7.89. The van der Waals surface area contributed by atoms with E-state index in [0.717, 1.165) is 37.3 Å². The molecule has 0 amide bonds. The van der Waals surface area contributed by atoms with Crippen molar-refractivity contribution in [3.63, 3.8) is 0 Å². The third kappa shape index (κ3) is 5.62. The van der Waals surface area contributed by atoms with Crippen molar-refractivity contribution in [1.29, 1.82) is 0 Å². The van der Waals surface area contributed by atoms with Gasteiger partial charge in [0.15, 0.2) is 5.96 Å². The lowest BCUT2D eigenvalue weighted by molar-refractivity contribution is 0.346. The third-order valence-corrected chi connectivity index (χ3v) is 8.59. The van der Waals surface area contributed by atoms with Gasteiger partial charge in [0.25, 0.3) is 0 Å². The molecule has 2 heterocycles. The van der Waals surface area contributed by atoms with Crippen LogP contribution in [0.2, 0.25) is 0 Å². The molecule has 0 spiro atoms. The largest absolute Gasteiger partial charge is 0.356 e. The number of hydrogen-bond donors (Lipinski definition) is 2. The number of thiophene rings is 1. The van der Waals surface area contributed by atoms with Crippen LogP contribution in [0.25, 0.3) is 0 Å². The minimum Gasteiger partial charge on any atom is -0.356 e. The highest BCUT2D eigenvalue weighted by Crippen LogP contribution is 2.26. The Bertz CT molecular complexity index is 930. The summed E-state index contributed by atoms with van der Waals surface area (Å²) in [5, 5.41) is 8.79. The van der Waals surface area contributed by atoms with Crippen molar-refractivity contribution in [3.8, 4) is 0 Å². The first-order chi connectivity index (χ1) is 14.3. The first kappa shape index (κ1) is 22.8. The summed E-state index contributed by atoms with van der Waals surface area (Å²) in [5.41, 5.74) is 1.02. The number of rotatable bonds is 7. The van der Waals surface area contributed by atoms with Gasteiger partial charge in [0.05, 0.1) is 4.90 Å². The topological polar surface area (TPSA) is 73.8 Å². The molecule has 6 nitrogen and oxygen atoms in total. The lowest BCUT2D eigenvalue weighted by atomic mass is 9.91. The van der Waals surface area contributed by atoms with Crippen LogP contribution >= 0.6 is 11.3 Å². The molecule has 1 aliphatic rings. The van der Waals surface area contributed by atoms with Crippen molar-refractivity contribution in [2.75, 3.05) is 26.7 Å². The summed E-state index contributed by atoms with van der Waals surface area (Å²) in [7, 11) is -1.63. The molecule has 0 radical (unpaired) electrons. The molecule has 0 bridgehead atoms. The van der Waals surface area contributed by atoms with Gasteiger partial charge in [0.1, 0.15) is 0 Å². The minimum atomic E-state index is -3.38. The van der Waals surface area contributed by atoms with Crippen LogP contribution in [-0.2, 0) is 22.0 Å². The fourth-order valence-electron chi connectivity index (χ4n) is 3.50. The van der Waals surface area contributed by atoms with Gasteiger partial charge in [-0.1, -0.05) is 38.5 Å². The Kier molecular flexibility index (Phi) is 7.55. The van der Waals surface area contributed by atoms with Gasteiger partial charge < -0.3 is 10.6 Å². The van der Waals surface area contributed by atoms with Crippen molar-refractivity contribution in [2.45, 2.75) is 50.0 Å². The van der Waals surface area contributed by atoms with Gasteiger partial charge in [0.2, 0.25) is 10.0 Å². The highest BCUT2D eigenvalue weighted by atomic mass is 32.2. The first-order valence-electron chi connectivity index (χ1n) is 10.4. The van der Waals surface area contributed by atoms with Crippen LogP contribution in [0.15, 0.2) is 51.7 Å². The average molecular weight is 449 g/mol. The minimum absolute atomic E-state index is 0.0102. The third-order valence-electron chi connectivity index (χ3n) is 5.45. The Balaban J connectivity index is 1.54. The molecule has 0 saturated carbocycles. The molecule has 164 valence electrons. The SMILES string of the molecule is CN=C(NCc1ccc(S(=O)(=O)N2CCCCC2)cc1)NCC(C)(C)c1cccs1. The lowest BCUT2D eigenvalue weighted by Crippen LogP contribution is -2.42. The zero-order chi connectivity index (χ0) is 21.6. The van der Waals surface area contributed by atoms with E-state index in [1.54, 1.807) is 34.8 Å². The first-order valence-corrected chi connectivity index (χ1v) is 12.7. The van der Waals surface area contributed by atoms with Crippen LogP contribution < -0.4 is 10.6 Å². The fraction of sp³-hybridized carbons (Fsp3) is 0.500. The lowest BCUT2D eigenvalue weighted by Gasteiger charge is -2.26. The molecule has 1 saturated heterocycles. The molecule has 1 aromatic heterocycles. The van der Waals surface area contributed by atoms with Gasteiger partial charge >= 0.3 is 0 Å².